The number of nitrogens with zero attached hydrogens (tertiary/aromatic N) is 2. The molecule has 2 rings (SSSR count). The number of hydrogen-bond acceptors (Lipinski definition) is 2. The molecule has 0 aromatic carbocycles. The summed E-state index contributed by atoms with van der Waals surface area (Å²) in [5.41, 5.74) is 1.13. The zero-order valence-electron chi connectivity index (χ0n) is 12.1. The highest BCUT2D eigenvalue weighted by Crippen LogP contribution is 2.28. The first-order chi connectivity index (χ1) is 9.20. The van der Waals surface area contributed by atoms with Crippen LogP contribution in [0, 0.1) is 5.92 Å². The molecule has 0 aliphatic heterocycles. The summed E-state index contributed by atoms with van der Waals surface area (Å²) in [6.07, 6.45) is 8.27. The highest BCUT2D eigenvalue weighted by atomic mass is 35.5. The van der Waals surface area contributed by atoms with E-state index in [0.29, 0.717) is 17.3 Å². The van der Waals surface area contributed by atoms with Gasteiger partial charge < -0.3 is 5.32 Å². The second kappa shape index (κ2) is 7.30. The predicted molar refractivity (Wildman–Crippen MR) is 80.5 cm³/mol. The van der Waals surface area contributed by atoms with E-state index in [1.165, 1.54) is 25.7 Å². The van der Waals surface area contributed by atoms with Gasteiger partial charge in [-0.2, -0.15) is 5.10 Å². The molecule has 1 saturated carbocycles. The summed E-state index contributed by atoms with van der Waals surface area (Å²) in [6, 6.07) is 2.59. The standard InChI is InChI=1S/C15H26ClN3/c1-3-12(2)19-9-8-14(18-19)11-17-10-13-6-4-5-7-15(13)16/h8-9,12-13,15,17H,3-7,10-11H2,1-2H3. The molecular formula is C15H26ClN3. The van der Waals surface area contributed by atoms with Crippen molar-refractivity contribution in [3.05, 3.63) is 18.0 Å². The van der Waals surface area contributed by atoms with Gasteiger partial charge in [0.15, 0.2) is 0 Å². The van der Waals surface area contributed by atoms with Gasteiger partial charge in [-0.3, -0.25) is 4.68 Å². The number of aromatic nitrogens is 2. The van der Waals surface area contributed by atoms with Crippen LogP contribution >= 0.6 is 11.6 Å². The quantitative estimate of drug-likeness (QED) is 0.806. The number of halogens is 1. The Bertz CT molecular complexity index is 377. The Kier molecular flexibility index (Phi) is 5.71. The maximum atomic E-state index is 6.37. The van der Waals surface area contributed by atoms with Crippen LogP contribution in [0.2, 0.25) is 0 Å². The van der Waals surface area contributed by atoms with Gasteiger partial charge >= 0.3 is 0 Å². The summed E-state index contributed by atoms with van der Waals surface area (Å²) in [6.45, 7) is 6.26. The van der Waals surface area contributed by atoms with E-state index in [2.05, 4.69) is 41.2 Å². The van der Waals surface area contributed by atoms with Crippen LogP contribution in [0.3, 0.4) is 0 Å². The fourth-order valence-electron chi connectivity index (χ4n) is 2.68. The van der Waals surface area contributed by atoms with E-state index in [0.717, 1.165) is 25.2 Å². The molecule has 3 atom stereocenters. The number of rotatable bonds is 6. The Morgan fingerprint density at radius 2 is 2.26 bits per heavy atom. The summed E-state index contributed by atoms with van der Waals surface area (Å²) in [7, 11) is 0. The Hall–Kier alpha value is -0.540. The first-order valence-corrected chi connectivity index (χ1v) is 8.03. The van der Waals surface area contributed by atoms with Crippen molar-refractivity contribution in [3.63, 3.8) is 0 Å². The summed E-state index contributed by atoms with van der Waals surface area (Å²) in [5.74, 6) is 0.632. The molecule has 0 spiro atoms. The molecule has 1 N–H and O–H groups in total. The van der Waals surface area contributed by atoms with Crippen molar-refractivity contribution in [2.45, 2.75) is 63.9 Å². The van der Waals surface area contributed by atoms with Gasteiger partial charge in [-0.05, 0) is 44.7 Å². The van der Waals surface area contributed by atoms with Crippen molar-refractivity contribution in [1.82, 2.24) is 15.1 Å². The molecule has 1 aromatic rings. The Morgan fingerprint density at radius 1 is 1.47 bits per heavy atom. The molecule has 0 bridgehead atoms. The second-order valence-corrected chi connectivity index (χ2v) is 6.30. The Labute approximate surface area is 121 Å². The molecule has 0 saturated heterocycles. The lowest BCUT2D eigenvalue weighted by Crippen LogP contribution is -2.31. The van der Waals surface area contributed by atoms with Crippen LogP contribution < -0.4 is 5.32 Å². The molecular weight excluding hydrogens is 258 g/mol. The minimum absolute atomic E-state index is 0.360. The van der Waals surface area contributed by atoms with Crippen molar-refractivity contribution >= 4 is 11.6 Å². The molecule has 3 unspecified atom stereocenters. The molecule has 1 fully saturated rings. The molecule has 1 aromatic heterocycles. The zero-order valence-corrected chi connectivity index (χ0v) is 12.9. The summed E-state index contributed by atoms with van der Waals surface area (Å²) in [4.78, 5) is 0. The first-order valence-electron chi connectivity index (χ1n) is 7.59. The van der Waals surface area contributed by atoms with Crippen molar-refractivity contribution in [2.75, 3.05) is 6.54 Å². The van der Waals surface area contributed by atoms with Crippen molar-refractivity contribution in [2.24, 2.45) is 5.92 Å². The van der Waals surface area contributed by atoms with Gasteiger partial charge in [0.05, 0.1) is 5.69 Å². The van der Waals surface area contributed by atoms with Crippen LogP contribution in [0.25, 0.3) is 0 Å². The van der Waals surface area contributed by atoms with Crippen LogP contribution in [0.1, 0.15) is 57.7 Å². The molecule has 0 amide bonds. The zero-order chi connectivity index (χ0) is 13.7. The van der Waals surface area contributed by atoms with Crippen LogP contribution in [0.5, 0.6) is 0 Å². The monoisotopic (exact) mass is 283 g/mol. The van der Waals surface area contributed by atoms with Crippen LogP contribution in [-0.4, -0.2) is 21.7 Å². The van der Waals surface area contributed by atoms with E-state index >= 15 is 0 Å². The molecule has 108 valence electrons. The highest BCUT2D eigenvalue weighted by molar-refractivity contribution is 6.20. The number of alkyl halides is 1. The second-order valence-electron chi connectivity index (χ2n) is 5.74. The van der Waals surface area contributed by atoms with Crippen molar-refractivity contribution in [1.29, 1.82) is 0 Å². The van der Waals surface area contributed by atoms with Gasteiger partial charge in [0, 0.05) is 24.2 Å². The van der Waals surface area contributed by atoms with E-state index in [1.807, 2.05) is 0 Å². The third kappa shape index (κ3) is 4.22. The molecule has 1 aliphatic rings. The molecule has 19 heavy (non-hydrogen) atoms. The highest BCUT2D eigenvalue weighted by Gasteiger charge is 2.22. The fourth-order valence-corrected chi connectivity index (χ4v) is 3.05. The van der Waals surface area contributed by atoms with E-state index in [-0.39, 0.29) is 0 Å². The minimum atomic E-state index is 0.360. The smallest absolute Gasteiger partial charge is 0.0762 e. The van der Waals surface area contributed by atoms with E-state index < -0.39 is 0 Å². The van der Waals surface area contributed by atoms with Gasteiger partial charge in [0.25, 0.3) is 0 Å². The van der Waals surface area contributed by atoms with Crippen LogP contribution in [0.4, 0.5) is 0 Å². The summed E-state index contributed by atoms with van der Waals surface area (Å²) in [5, 5.41) is 8.48. The molecule has 0 radical (unpaired) electrons. The van der Waals surface area contributed by atoms with Crippen LogP contribution in [0.15, 0.2) is 12.3 Å². The average molecular weight is 284 g/mol. The maximum absolute atomic E-state index is 6.37. The predicted octanol–water partition coefficient (Wildman–Crippen LogP) is 3.74. The topological polar surface area (TPSA) is 29.9 Å². The third-order valence-corrected chi connectivity index (χ3v) is 4.81. The summed E-state index contributed by atoms with van der Waals surface area (Å²) >= 11 is 6.37. The lowest BCUT2D eigenvalue weighted by Gasteiger charge is -2.27. The number of nitrogens with one attached hydrogen (secondary N) is 1. The van der Waals surface area contributed by atoms with Gasteiger partial charge in [0.2, 0.25) is 0 Å². The van der Waals surface area contributed by atoms with Gasteiger partial charge in [-0.1, -0.05) is 19.8 Å². The van der Waals surface area contributed by atoms with Crippen molar-refractivity contribution < 1.29 is 0 Å². The largest absolute Gasteiger partial charge is 0.311 e. The van der Waals surface area contributed by atoms with Gasteiger partial charge in [0.1, 0.15) is 0 Å². The normalized spacial score (nSPS) is 25.4. The Morgan fingerprint density at radius 3 is 3.00 bits per heavy atom. The van der Waals surface area contributed by atoms with E-state index in [1.54, 1.807) is 0 Å². The SMILES string of the molecule is CCC(C)n1ccc(CNCC2CCCCC2Cl)n1. The fraction of sp³-hybridized carbons (Fsp3) is 0.800. The third-order valence-electron chi connectivity index (χ3n) is 4.23. The molecule has 4 heteroatoms. The van der Waals surface area contributed by atoms with E-state index in [4.69, 9.17) is 11.6 Å². The van der Waals surface area contributed by atoms with Gasteiger partial charge in [-0.15, -0.1) is 11.6 Å². The summed E-state index contributed by atoms with van der Waals surface area (Å²) < 4.78 is 2.06. The van der Waals surface area contributed by atoms with E-state index in [9.17, 15) is 0 Å². The number of hydrogen-bond donors (Lipinski definition) is 1. The lowest BCUT2D eigenvalue weighted by molar-refractivity contribution is 0.347. The molecule has 3 nitrogen and oxygen atoms in total. The molecule has 1 aliphatic carbocycles. The first kappa shape index (κ1) is 14.9. The lowest BCUT2D eigenvalue weighted by atomic mass is 9.89. The van der Waals surface area contributed by atoms with Gasteiger partial charge in [-0.25, -0.2) is 0 Å². The molecule has 1 heterocycles. The Balaban J connectivity index is 1.74. The minimum Gasteiger partial charge on any atom is -0.311 e. The maximum Gasteiger partial charge on any atom is 0.0762 e. The average Bonchev–Trinajstić information content (AvgIpc) is 2.89. The van der Waals surface area contributed by atoms with Crippen LogP contribution in [-0.2, 0) is 6.54 Å². The van der Waals surface area contributed by atoms with Crippen molar-refractivity contribution in [3.8, 4) is 0 Å².